The highest BCUT2D eigenvalue weighted by Crippen LogP contribution is 2.33. The number of aromatic nitrogens is 1. The molecule has 1 aromatic heterocycles. The highest BCUT2D eigenvalue weighted by atomic mass is 19.4. The Kier molecular flexibility index (Phi) is 9.01. The van der Waals surface area contributed by atoms with E-state index in [2.05, 4.69) is 6.07 Å². The summed E-state index contributed by atoms with van der Waals surface area (Å²) in [4.78, 5) is 36.9. The number of nitriles is 1. The summed E-state index contributed by atoms with van der Waals surface area (Å²) < 4.78 is 50.9. The van der Waals surface area contributed by atoms with Crippen LogP contribution in [0.15, 0.2) is 54.7 Å². The van der Waals surface area contributed by atoms with Crippen LogP contribution in [0.3, 0.4) is 0 Å². The second kappa shape index (κ2) is 12.3. The van der Waals surface area contributed by atoms with Gasteiger partial charge < -0.3 is 23.9 Å². The first-order valence-corrected chi connectivity index (χ1v) is 13.4. The maximum Gasteiger partial charge on any atom is 0.490 e. The molecule has 1 amide bonds. The Morgan fingerprint density at radius 2 is 1.58 bits per heavy atom. The first kappa shape index (κ1) is 31.4. The lowest BCUT2D eigenvalue weighted by atomic mass is 9.92. The Morgan fingerprint density at radius 3 is 2.16 bits per heavy atom. The summed E-state index contributed by atoms with van der Waals surface area (Å²) in [5.74, 6) is -3.18. The number of morpholine rings is 1. The van der Waals surface area contributed by atoms with Crippen LogP contribution < -0.4 is 0 Å². The number of fused-ring (bicyclic) bond motifs is 3. The first-order valence-electron chi connectivity index (χ1n) is 13.4. The van der Waals surface area contributed by atoms with Crippen LogP contribution in [0.5, 0.6) is 0 Å². The number of carboxylic acid groups (broad SMARTS) is 1. The molecule has 10 nitrogen and oxygen atoms in total. The largest absolute Gasteiger partial charge is 0.490 e. The third kappa shape index (κ3) is 7.26. The zero-order chi connectivity index (χ0) is 31.5. The normalized spacial score (nSPS) is 19.9. The van der Waals surface area contributed by atoms with Gasteiger partial charge in [-0.1, -0.05) is 30.3 Å². The average molecular weight is 602 g/mol. The lowest BCUT2D eigenvalue weighted by Gasteiger charge is -2.47. The number of amides is 1. The van der Waals surface area contributed by atoms with Crippen LogP contribution in [-0.2, 0) is 19.0 Å². The van der Waals surface area contributed by atoms with E-state index < -0.39 is 23.7 Å². The van der Waals surface area contributed by atoms with E-state index in [4.69, 9.17) is 24.1 Å². The molecule has 2 aliphatic heterocycles. The summed E-state index contributed by atoms with van der Waals surface area (Å²) >= 11 is 0. The van der Waals surface area contributed by atoms with Gasteiger partial charge in [-0.25, -0.2) is 14.4 Å². The standard InChI is InChI=1S/C28H29N3O5.C2HF3O2/c1-28(2,3)36-27(33)31-19-12-21(13-20(31)17-34-16-19)35-26(32)23-15-30(25-11-7-5-9-22(23)25)24-10-6-4-8-18(24)14-29;3-2(4,5)1(6)7/h4-11,15,19-21H,12-13,16-17H2,1-3H3;(H,6,7). The number of hydrogen-bond acceptors (Lipinski definition) is 7. The first-order chi connectivity index (χ1) is 20.2. The van der Waals surface area contributed by atoms with Crippen molar-refractivity contribution in [3.8, 4) is 11.8 Å². The van der Waals surface area contributed by atoms with Gasteiger partial charge in [-0.2, -0.15) is 18.4 Å². The van der Waals surface area contributed by atoms with Gasteiger partial charge >= 0.3 is 24.2 Å². The van der Waals surface area contributed by atoms with Crippen LogP contribution in [0.2, 0.25) is 0 Å². The van der Waals surface area contributed by atoms with Crippen molar-refractivity contribution in [1.29, 1.82) is 5.26 Å². The van der Waals surface area contributed by atoms with Crippen molar-refractivity contribution in [2.45, 2.75) is 63.6 Å². The molecule has 3 heterocycles. The van der Waals surface area contributed by atoms with E-state index in [1.807, 2.05) is 67.8 Å². The Balaban J connectivity index is 0.000000541. The van der Waals surface area contributed by atoms with Crippen molar-refractivity contribution < 1.29 is 46.9 Å². The molecule has 1 N–H and O–H groups in total. The minimum atomic E-state index is -5.08. The van der Waals surface area contributed by atoms with Gasteiger partial charge in [-0.15, -0.1) is 0 Å². The summed E-state index contributed by atoms with van der Waals surface area (Å²) in [6.07, 6.45) is -3.08. The third-order valence-electron chi connectivity index (χ3n) is 6.81. The predicted octanol–water partition coefficient (Wildman–Crippen LogP) is 5.46. The van der Waals surface area contributed by atoms with Gasteiger partial charge in [0, 0.05) is 24.4 Å². The van der Waals surface area contributed by atoms with Crippen LogP contribution >= 0.6 is 0 Å². The fourth-order valence-corrected chi connectivity index (χ4v) is 5.11. The van der Waals surface area contributed by atoms with Gasteiger partial charge in [0.15, 0.2) is 0 Å². The molecule has 0 radical (unpaired) electrons. The predicted molar refractivity (Wildman–Crippen MR) is 147 cm³/mol. The third-order valence-corrected chi connectivity index (χ3v) is 6.81. The summed E-state index contributed by atoms with van der Waals surface area (Å²) in [5, 5.41) is 17.5. The van der Waals surface area contributed by atoms with Crippen molar-refractivity contribution in [3.05, 3.63) is 65.9 Å². The van der Waals surface area contributed by atoms with E-state index in [1.54, 1.807) is 17.2 Å². The minimum absolute atomic E-state index is 0.214. The van der Waals surface area contributed by atoms with E-state index >= 15 is 0 Å². The van der Waals surface area contributed by atoms with Crippen LogP contribution in [0, 0.1) is 11.3 Å². The van der Waals surface area contributed by atoms with Crippen molar-refractivity contribution in [1.82, 2.24) is 9.47 Å². The summed E-state index contributed by atoms with van der Waals surface area (Å²) in [6.45, 7) is 6.30. The monoisotopic (exact) mass is 601 g/mol. The van der Waals surface area contributed by atoms with Crippen molar-refractivity contribution in [3.63, 3.8) is 0 Å². The van der Waals surface area contributed by atoms with Gasteiger partial charge in [0.1, 0.15) is 17.8 Å². The molecule has 13 heteroatoms. The smallest absolute Gasteiger partial charge is 0.475 e. The maximum absolute atomic E-state index is 13.4. The number of ether oxygens (including phenoxy) is 3. The fourth-order valence-electron chi connectivity index (χ4n) is 5.11. The van der Waals surface area contributed by atoms with E-state index in [9.17, 15) is 28.0 Å². The second-order valence-corrected chi connectivity index (χ2v) is 11.1. The SMILES string of the molecule is CC(C)(C)OC(=O)N1C2COCC1CC(OC(=O)c1cn(-c3ccccc3C#N)c3ccccc13)C2.O=C(O)C(F)(F)F. The van der Waals surface area contributed by atoms with Crippen molar-refractivity contribution in [2.75, 3.05) is 13.2 Å². The molecule has 2 saturated heterocycles. The second-order valence-electron chi connectivity index (χ2n) is 11.1. The molecule has 2 aromatic carbocycles. The molecule has 2 aliphatic rings. The molecule has 0 saturated carbocycles. The van der Waals surface area contributed by atoms with Crippen LogP contribution in [0.1, 0.15) is 49.5 Å². The molecule has 5 rings (SSSR count). The number of hydrogen-bond donors (Lipinski definition) is 1. The lowest BCUT2D eigenvalue weighted by Crippen LogP contribution is -2.61. The number of halogens is 3. The molecule has 0 aliphatic carbocycles. The van der Waals surface area contributed by atoms with Gasteiger partial charge in [0.2, 0.25) is 0 Å². The molecule has 228 valence electrons. The number of alkyl halides is 3. The van der Waals surface area contributed by atoms with Gasteiger partial charge in [-0.05, 0) is 39.0 Å². The minimum Gasteiger partial charge on any atom is -0.475 e. The summed E-state index contributed by atoms with van der Waals surface area (Å²) in [5.41, 5.74) is 1.88. The number of esters is 1. The van der Waals surface area contributed by atoms with E-state index in [0.717, 1.165) is 10.9 Å². The highest BCUT2D eigenvalue weighted by Gasteiger charge is 2.44. The summed E-state index contributed by atoms with van der Waals surface area (Å²) in [6, 6.07) is 16.6. The number of carbonyl (C=O) groups excluding carboxylic acids is 2. The van der Waals surface area contributed by atoms with Crippen molar-refractivity contribution >= 4 is 28.9 Å². The zero-order valence-electron chi connectivity index (χ0n) is 23.6. The van der Waals surface area contributed by atoms with E-state index in [0.29, 0.717) is 42.9 Å². The van der Waals surface area contributed by atoms with Gasteiger partial charge in [0.05, 0.1) is 47.6 Å². The average Bonchev–Trinajstić information content (AvgIpc) is 3.31. The Hall–Kier alpha value is -4.57. The highest BCUT2D eigenvalue weighted by molar-refractivity contribution is 6.05. The van der Waals surface area contributed by atoms with Crippen LogP contribution in [0.4, 0.5) is 18.0 Å². The molecular weight excluding hydrogens is 571 g/mol. The molecule has 2 unspecified atom stereocenters. The molecule has 2 atom stereocenters. The number of aliphatic carboxylic acids is 1. The topological polar surface area (TPSA) is 131 Å². The fraction of sp³-hybridized carbons (Fsp3) is 0.400. The number of carboxylic acids is 1. The molecule has 2 fully saturated rings. The Labute approximate surface area is 245 Å². The van der Waals surface area contributed by atoms with Crippen molar-refractivity contribution in [2.24, 2.45) is 0 Å². The molecular formula is C30H30F3N3O7. The van der Waals surface area contributed by atoms with Gasteiger partial charge in [0.25, 0.3) is 0 Å². The van der Waals surface area contributed by atoms with Crippen LogP contribution in [0.25, 0.3) is 16.6 Å². The molecule has 43 heavy (non-hydrogen) atoms. The van der Waals surface area contributed by atoms with Gasteiger partial charge in [-0.3, -0.25) is 4.90 Å². The number of rotatable bonds is 3. The molecule has 0 spiro atoms. The quantitative estimate of drug-likeness (QED) is 0.392. The Morgan fingerprint density at radius 1 is 1.00 bits per heavy atom. The number of nitrogens with zero attached hydrogens (tertiary/aromatic N) is 3. The van der Waals surface area contributed by atoms with E-state index in [-0.39, 0.29) is 24.3 Å². The summed E-state index contributed by atoms with van der Waals surface area (Å²) in [7, 11) is 0. The maximum atomic E-state index is 13.4. The Bertz CT molecular complexity index is 1540. The lowest BCUT2D eigenvalue weighted by molar-refractivity contribution is -0.192. The number of benzene rings is 2. The molecule has 3 aromatic rings. The van der Waals surface area contributed by atoms with E-state index in [1.165, 1.54) is 0 Å². The zero-order valence-corrected chi connectivity index (χ0v) is 23.6. The molecule has 2 bridgehead atoms. The number of para-hydroxylation sites is 2. The van der Waals surface area contributed by atoms with Crippen LogP contribution in [-0.4, -0.2) is 75.8 Å². The number of piperidine rings is 1. The number of carbonyl (C=O) groups is 3.